The standard InChI is InChI=1S/C17H11N3O3S2/c21-16(10-4-3-5-11(8-10)20(22)23)19-17-18-15-12-6-1-2-7-13(12)24-9-14(15)25-17/h1-8H,9H2,(H,18,19,21). The quantitative estimate of drug-likeness (QED) is 0.540. The molecule has 0 radical (unpaired) electrons. The van der Waals surface area contributed by atoms with Crippen molar-refractivity contribution >= 4 is 39.8 Å². The van der Waals surface area contributed by atoms with Gasteiger partial charge in [0.25, 0.3) is 11.6 Å². The Hall–Kier alpha value is -2.71. The van der Waals surface area contributed by atoms with Gasteiger partial charge in [-0.05, 0) is 12.1 Å². The summed E-state index contributed by atoms with van der Waals surface area (Å²) in [7, 11) is 0. The van der Waals surface area contributed by atoms with Crippen LogP contribution in [0.25, 0.3) is 11.3 Å². The van der Waals surface area contributed by atoms with Gasteiger partial charge < -0.3 is 0 Å². The summed E-state index contributed by atoms with van der Waals surface area (Å²) in [6, 6.07) is 13.7. The highest BCUT2D eigenvalue weighted by Crippen LogP contribution is 2.44. The normalized spacial score (nSPS) is 12.2. The molecule has 1 aromatic heterocycles. The van der Waals surface area contributed by atoms with Crippen LogP contribution < -0.4 is 5.32 Å². The van der Waals surface area contributed by atoms with E-state index in [-0.39, 0.29) is 11.3 Å². The van der Waals surface area contributed by atoms with Crippen molar-refractivity contribution in [2.75, 3.05) is 5.32 Å². The Labute approximate surface area is 151 Å². The number of fused-ring (bicyclic) bond motifs is 3. The molecule has 1 N–H and O–H groups in total. The lowest BCUT2D eigenvalue weighted by molar-refractivity contribution is -0.384. The van der Waals surface area contributed by atoms with E-state index in [0.29, 0.717) is 5.13 Å². The van der Waals surface area contributed by atoms with Crippen LogP contribution in [-0.4, -0.2) is 15.8 Å². The van der Waals surface area contributed by atoms with E-state index in [4.69, 9.17) is 0 Å². The number of thiazole rings is 1. The molecule has 0 spiro atoms. The summed E-state index contributed by atoms with van der Waals surface area (Å²) < 4.78 is 0. The van der Waals surface area contributed by atoms with Crippen LogP contribution in [0.1, 0.15) is 15.2 Å². The summed E-state index contributed by atoms with van der Waals surface area (Å²) in [4.78, 5) is 29.5. The number of carbonyl (C=O) groups excluding carboxylic acids is 1. The third-order valence-electron chi connectivity index (χ3n) is 3.74. The number of nitrogens with one attached hydrogen (secondary N) is 1. The second-order valence-electron chi connectivity index (χ2n) is 5.34. The number of nitrogens with zero attached hydrogens (tertiary/aromatic N) is 2. The first-order valence-corrected chi connectivity index (χ1v) is 9.20. The number of nitro groups is 1. The van der Waals surface area contributed by atoms with Gasteiger partial charge in [0.05, 0.1) is 10.6 Å². The van der Waals surface area contributed by atoms with Crippen LogP contribution in [0.5, 0.6) is 0 Å². The molecule has 0 fully saturated rings. The van der Waals surface area contributed by atoms with Crippen molar-refractivity contribution in [3.63, 3.8) is 0 Å². The molecule has 3 aromatic rings. The SMILES string of the molecule is O=C(Nc1nc2c(s1)CSc1ccccc1-2)c1cccc([N+](=O)[O-])c1. The first kappa shape index (κ1) is 15.8. The Morgan fingerprint density at radius 1 is 1.20 bits per heavy atom. The van der Waals surface area contributed by atoms with Gasteiger partial charge in [0.2, 0.25) is 0 Å². The first-order chi connectivity index (χ1) is 12.1. The Morgan fingerprint density at radius 3 is 2.88 bits per heavy atom. The van der Waals surface area contributed by atoms with Crippen LogP contribution in [0.15, 0.2) is 53.4 Å². The molecule has 1 aliphatic rings. The van der Waals surface area contributed by atoms with Gasteiger partial charge >= 0.3 is 0 Å². The maximum Gasteiger partial charge on any atom is 0.270 e. The number of aromatic nitrogens is 1. The molecule has 2 heterocycles. The zero-order valence-corrected chi connectivity index (χ0v) is 14.4. The number of nitro benzene ring substituents is 1. The van der Waals surface area contributed by atoms with Crippen molar-refractivity contribution in [3.05, 3.63) is 69.1 Å². The minimum atomic E-state index is -0.521. The lowest BCUT2D eigenvalue weighted by atomic mass is 10.1. The summed E-state index contributed by atoms with van der Waals surface area (Å²) in [6.45, 7) is 0. The number of anilines is 1. The predicted octanol–water partition coefficient (Wildman–Crippen LogP) is 4.58. The van der Waals surface area contributed by atoms with Crippen molar-refractivity contribution in [2.24, 2.45) is 0 Å². The second-order valence-corrected chi connectivity index (χ2v) is 7.44. The van der Waals surface area contributed by atoms with Crippen LogP contribution in [0.3, 0.4) is 0 Å². The number of hydrogen-bond donors (Lipinski definition) is 1. The Morgan fingerprint density at radius 2 is 2.04 bits per heavy atom. The van der Waals surface area contributed by atoms with Gasteiger partial charge in [0, 0.05) is 38.8 Å². The molecule has 0 bridgehead atoms. The molecular formula is C17H11N3O3S2. The monoisotopic (exact) mass is 369 g/mol. The lowest BCUT2D eigenvalue weighted by Crippen LogP contribution is -2.11. The van der Waals surface area contributed by atoms with E-state index in [1.807, 2.05) is 18.2 Å². The van der Waals surface area contributed by atoms with Gasteiger partial charge in [-0.3, -0.25) is 20.2 Å². The first-order valence-electron chi connectivity index (χ1n) is 7.39. The number of benzene rings is 2. The van der Waals surface area contributed by atoms with Crippen LogP contribution in [0.2, 0.25) is 0 Å². The van der Waals surface area contributed by atoms with E-state index in [1.54, 1.807) is 17.8 Å². The van der Waals surface area contributed by atoms with Gasteiger partial charge in [0.1, 0.15) is 0 Å². The summed E-state index contributed by atoms with van der Waals surface area (Å²) in [5.41, 5.74) is 2.09. The molecular weight excluding hydrogens is 358 g/mol. The zero-order valence-electron chi connectivity index (χ0n) is 12.8. The highest BCUT2D eigenvalue weighted by Gasteiger charge is 2.22. The van der Waals surface area contributed by atoms with Crippen LogP contribution in [0.4, 0.5) is 10.8 Å². The molecule has 0 saturated heterocycles. The minimum absolute atomic E-state index is 0.114. The second kappa shape index (κ2) is 6.30. The van der Waals surface area contributed by atoms with Crippen LogP contribution >= 0.6 is 23.1 Å². The minimum Gasteiger partial charge on any atom is -0.298 e. The lowest BCUT2D eigenvalue weighted by Gasteiger charge is -2.13. The molecule has 1 aliphatic heterocycles. The molecule has 0 atom stereocenters. The maximum absolute atomic E-state index is 12.4. The molecule has 0 unspecified atom stereocenters. The highest BCUT2D eigenvalue weighted by molar-refractivity contribution is 7.98. The Balaban J connectivity index is 1.61. The average molecular weight is 369 g/mol. The molecule has 25 heavy (non-hydrogen) atoms. The number of thioether (sulfide) groups is 1. The average Bonchev–Trinajstić information content (AvgIpc) is 3.04. The van der Waals surface area contributed by atoms with E-state index in [1.165, 1.54) is 34.4 Å². The molecule has 2 aromatic carbocycles. The van der Waals surface area contributed by atoms with Gasteiger partial charge in [-0.2, -0.15) is 0 Å². The fourth-order valence-electron chi connectivity index (χ4n) is 2.57. The Bertz CT molecular complexity index is 1000. The summed E-state index contributed by atoms with van der Waals surface area (Å²) in [5, 5.41) is 14.1. The third kappa shape index (κ3) is 3.01. The number of carbonyl (C=O) groups is 1. The molecule has 0 aliphatic carbocycles. The van der Waals surface area contributed by atoms with Crippen molar-refractivity contribution in [1.82, 2.24) is 4.98 Å². The number of hydrogen-bond acceptors (Lipinski definition) is 6. The fraction of sp³-hybridized carbons (Fsp3) is 0.0588. The van der Waals surface area contributed by atoms with Gasteiger partial charge in [-0.15, -0.1) is 23.1 Å². The molecule has 1 amide bonds. The van der Waals surface area contributed by atoms with E-state index in [2.05, 4.69) is 16.4 Å². The van der Waals surface area contributed by atoms with E-state index < -0.39 is 10.8 Å². The summed E-state index contributed by atoms with van der Waals surface area (Å²) in [5.74, 6) is 0.409. The van der Waals surface area contributed by atoms with Gasteiger partial charge in [0.15, 0.2) is 5.13 Å². The molecule has 124 valence electrons. The van der Waals surface area contributed by atoms with E-state index >= 15 is 0 Å². The fourth-order valence-corrected chi connectivity index (χ4v) is 4.67. The highest BCUT2D eigenvalue weighted by atomic mass is 32.2. The summed E-state index contributed by atoms with van der Waals surface area (Å²) in [6.07, 6.45) is 0. The molecule has 6 nitrogen and oxygen atoms in total. The van der Waals surface area contributed by atoms with Gasteiger partial charge in [-0.1, -0.05) is 24.3 Å². The largest absolute Gasteiger partial charge is 0.298 e. The zero-order chi connectivity index (χ0) is 17.4. The van der Waals surface area contributed by atoms with Crippen molar-refractivity contribution in [1.29, 1.82) is 0 Å². The van der Waals surface area contributed by atoms with E-state index in [0.717, 1.165) is 21.9 Å². The Kier molecular flexibility index (Phi) is 3.98. The third-order valence-corrected chi connectivity index (χ3v) is 5.99. The number of non-ortho nitro benzene ring substituents is 1. The van der Waals surface area contributed by atoms with Crippen molar-refractivity contribution < 1.29 is 9.72 Å². The van der Waals surface area contributed by atoms with Crippen molar-refractivity contribution in [2.45, 2.75) is 10.6 Å². The smallest absolute Gasteiger partial charge is 0.270 e. The molecule has 0 saturated carbocycles. The van der Waals surface area contributed by atoms with Crippen molar-refractivity contribution in [3.8, 4) is 11.3 Å². The number of rotatable bonds is 3. The number of amides is 1. The maximum atomic E-state index is 12.4. The topological polar surface area (TPSA) is 85.1 Å². The van der Waals surface area contributed by atoms with Crippen LogP contribution in [0, 0.1) is 10.1 Å². The van der Waals surface area contributed by atoms with E-state index in [9.17, 15) is 14.9 Å². The van der Waals surface area contributed by atoms with Crippen LogP contribution in [-0.2, 0) is 5.75 Å². The summed E-state index contributed by atoms with van der Waals surface area (Å²) >= 11 is 3.18. The predicted molar refractivity (Wildman–Crippen MR) is 98.2 cm³/mol. The molecule has 4 rings (SSSR count). The molecule has 8 heteroatoms. The van der Waals surface area contributed by atoms with Gasteiger partial charge in [-0.25, -0.2) is 4.98 Å².